The summed E-state index contributed by atoms with van der Waals surface area (Å²) in [5.41, 5.74) is 1.19. The van der Waals surface area contributed by atoms with Crippen molar-refractivity contribution in [1.29, 1.82) is 0 Å². The Hall–Kier alpha value is -0.930. The van der Waals surface area contributed by atoms with Crippen molar-refractivity contribution < 1.29 is 0 Å². The summed E-state index contributed by atoms with van der Waals surface area (Å²) in [7, 11) is 0. The van der Waals surface area contributed by atoms with Crippen molar-refractivity contribution in [3.63, 3.8) is 0 Å². The van der Waals surface area contributed by atoms with Crippen molar-refractivity contribution >= 4 is 0 Å². The molecule has 0 amide bonds. The zero-order valence-corrected chi connectivity index (χ0v) is 10.9. The molecule has 2 atom stereocenters. The summed E-state index contributed by atoms with van der Waals surface area (Å²) in [6.07, 6.45) is 3.12. The Morgan fingerprint density at radius 3 is 3.12 bits per heavy atom. The second-order valence-electron chi connectivity index (χ2n) is 5.09. The standard InChI is InChI=1S/C14H23N3/c1-12-10-15-7-5-9-17(11-12)13(2)14-6-3-4-8-16-14/h3-4,6,8,12-13,15H,5,7,9-11H2,1-2H3. The highest BCUT2D eigenvalue weighted by molar-refractivity contribution is 5.08. The molecule has 94 valence electrons. The minimum absolute atomic E-state index is 0.428. The van der Waals surface area contributed by atoms with E-state index in [1.54, 1.807) is 0 Å². The van der Waals surface area contributed by atoms with Gasteiger partial charge in [0.15, 0.2) is 0 Å². The van der Waals surface area contributed by atoms with Gasteiger partial charge in [-0.05, 0) is 44.5 Å². The molecule has 1 N–H and O–H groups in total. The van der Waals surface area contributed by atoms with E-state index in [-0.39, 0.29) is 0 Å². The molecule has 1 aromatic heterocycles. The van der Waals surface area contributed by atoms with Gasteiger partial charge >= 0.3 is 0 Å². The fourth-order valence-corrected chi connectivity index (χ4v) is 2.47. The lowest BCUT2D eigenvalue weighted by Crippen LogP contribution is -2.40. The van der Waals surface area contributed by atoms with Gasteiger partial charge in [0.2, 0.25) is 0 Å². The van der Waals surface area contributed by atoms with Gasteiger partial charge in [-0.15, -0.1) is 0 Å². The first-order valence-corrected chi connectivity index (χ1v) is 6.63. The van der Waals surface area contributed by atoms with Crippen LogP contribution in [-0.2, 0) is 0 Å². The smallest absolute Gasteiger partial charge is 0.0572 e. The van der Waals surface area contributed by atoms with Crippen LogP contribution in [0.15, 0.2) is 24.4 Å². The van der Waals surface area contributed by atoms with E-state index >= 15 is 0 Å². The lowest BCUT2D eigenvalue weighted by atomic mass is 10.1. The maximum absolute atomic E-state index is 4.48. The molecule has 3 nitrogen and oxygen atoms in total. The lowest BCUT2D eigenvalue weighted by molar-refractivity contribution is 0.164. The van der Waals surface area contributed by atoms with E-state index in [1.165, 1.54) is 12.1 Å². The molecular formula is C14H23N3. The average Bonchev–Trinajstić information content (AvgIpc) is 2.34. The molecule has 17 heavy (non-hydrogen) atoms. The Morgan fingerprint density at radius 2 is 2.35 bits per heavy atom. The Kier molecular flexibility index (Phi) is 4.51. The van der Waals surface area contributed by atoms with E-state index in [0.29, 0.717) is 12.0 Å². The highest BCUT2D eigenvalue weighted by atomic mass is 15.2. The molecule has 0 saturated carbocycles. The summed E-state index contributed by atoms with van der Waals surface area (Å²) in [6.45, 7) is 9.17. The van der Waals surface area contributed by atoms with Crippen LogP contribution in [0, 0.1) is 5.92 Å². The summed E-state index contributed by atoms with van der Waals surface area (Å²) >= 11 is 0. The van der Waals surface area contributed by atoms with Gasteiger partial charge in [0.1, 0.15) is 0 Å². The molecule has 1 aromatic rings. The van der Waals surface area contributed by atoms with Crippen LogP contribution in [0.3, 0.4) is 0 Å². The second-order valence-corrected chi connectivity index (χ2v) is 5.09. The first kappa shape index (κ1) is 12.5. The highest BCUT2D eigenvalue weighted by Gasteiger charge is 2.20. The van der Waals surface area contributed by atoms with Crippen LogP contribution in [-0.4, -0.2) is 36.1 Å². The van der Waals surface area contributed by atoms with E-state index in [1.807, 2.05) is 12.3 Å². The topological polar surface area (TPSA) is 28.2 Å². The molecule has 1 saturated heterocycles. The Labute approximate surface area is 104 Å². The number of rotatable bonds is 2. The van der Waals surface area contributed by atoms with Crippen LogP contribution in [0.4, 0.5) is 0 Å². The van der Waals surface area contributed by atoms with Crippen molar-refractivity contribution in [2.24, 2.45) is 5.92 Å². The summed E-state index contributed by atoms with van der Waals surface area (Å²) in [5, 5.41) is 3.49. The molecule has 0 spiro atoms. The Morgan fingerprint density at radius 1 is 1.47 bits per heavy atom. The maximum Gasteiger partial charge on any atom is 0.0572 e. The van der Waals surface area contributed by atoms with Gasteiger partial charge in [0.05, 0.1) is 5.69 Å². The zero-order chi connectivity index (χ0) is 12.1. The van der Waals surface area contributed by atoms with Gasteiger partial charge in [-0.1, -0.05) is 13.0 Å². The van der Waals surface area contributed by atoms with Crippen LogP contribution in [0.2, 0.25) is 0 Å². The molecule has 0 aliphatic carbocycles. The predicted molar refractivity (Wildman–Crippen MR) is 70.9 cm³/mol. The van der Waals surface area contributed by atoms with E-state index in [2.05, 4.69) is 41.2 Å². The first-order chi connectivity index (χ1) is 8.27. The number of hydrogen-bond donors (Lipinski definition) is 1. The average molecular weight is 233 g/mol. The highest BCUT2D eigenvalue weighted by Crippen LogP contribution is 2.20. The summed E-state index contributed by atoms with van der Waals surface area (Å²) < 4.78 is 0. The fraction of sp³-hybridized carbons (Fsp3) is 0.643. The van der Waals surface area contributed by atoms with Crippen LogP contribution >= 0.6 is 0 Å². The molecule has 0 aromatic carbocycles. The third kappa shape index (κ3) is 3.51. The number of nitrogens with one attached hydrogen (secondary N) is 1. The zero-order valence-electron chi connectivity index (χ0n) is 10.9. The molecule has 1 fully saturated rings. The van der Waals surface area contributed by atoms with Crippen molar-refractivity contribution in [3.8, 4) is 0 Å². The first-order valence-electron chi connectivity index (χ1n) is 6.63. The monoisotopic (exact) mass is 233 g/mol. The maximum atomic E-state index is 4.48. The summed E-state index contributed by atoms with van der Waals surface area (Å²) in [5.74, 6) is 0.710. The SMILES string of the molecule is CC1CNCCCN(C(C)c2ccccn2)C1. The van der Waals surface area contributed by atoms with Crippen molar-refractivity contribution in [2.45, 2.75) is 26.3 Å². The molecule has 1 aliphatic rings. The Bertz CT molecular complexity index is 325. The van der Waals surface area contributed by atoms with Gasteiger partial charge in [0.25, 0.3) is 0 Å². The van der Waals surface area contributed by atoms with Gasteiger partial charge in [0, 0.05) is 25.3 Å². The van der Waals surface area contributed by atoms with Crippen LogP contribution in [0.5, 0.6) is 0 Å². The summed E-state index contributed by atoms with van der Waals surface area (Å²) in [6, 6.07) is 6.62. The predicted octanol–water partition coefficient (Wildman–Crippen LogP) is 2.07. The number of hydrogen-bond acceptors (Lipinski definition) is 3. The minimum Gasteiger partial charge on any atom is -0.316 e. The third-order valence-corrected chi connectivity index (χ3v) is 3.50. The third-order valence-electron chi connectivity index (χ3n) is 3.50. The largest absolute Gasteiger partial charge is 0.316 e. The molecule has 2 unspecified atom stereocenters. The van der Waals surface area contributed by atoms with Crippen molar-refractivity contribution in [3.05, 3.63) is 30.1 Å². The van der Waals surface area contributed by atoms with Crippen LogP contribution in [0.1, 0.15) is 32.0 Å². The molecule has 0 bridgehead atoms. The molecule has 3 heteroatoms. The molecule has 0 radical (unpaired) electrons. The summed E-state index contributed by atoms with van der Waals surface area (Å²) in [4.78, 5) is 7.04. The van der Waals surface area contributed by atoms with Crippen LogP contribution in [0.25, 0.3) is 0 Å². The minimum atomic E-state index is 0.428. The normalized spacial score (nSPS) is 24.9. The lowest BCUT2D eigenvalue weighted by Gasteiger charge is -2.33. The molecule has 1 aliphatic heterocycles. The number of aromatic nitrogens is 1. The number of nitrogens with zero attached hydrogens (tertiary/aromatic N) is 2. The quantitative estimate of drug-likeness (QED) is 0.847. The Balaban J connectivity index is 2.03. The molecule has 2 rings (SSSR count). The van der Waals surface area contributed by atoms with E-state index in [4.69, 9.17) is 0 Å². The fourth-order valence-electron chi connectivity index (χ4n) is 2.47. The van der Waals surface area contributed by atoms with Crippen molar-refractivity contribution in [1.82, 2.24) is 15.2 Å². The van der Waals surface area contributed by atoms with Gasteiger partial charge < -0.3 is 5.32 Å². The van der Waals surface area contributed by atoms with Crippen LogP contribution < -0.4 is 5.32 Å². The van der Waals surface area contributed by atoms with Crippen molar-refractivity contribution in [2.75, 3.05) is 26.2 Å². The second kappa shape index (κ2) is 6.12. The molecule has 2 heterocycles. The van der Waals surface area contributed by atoms with E-state index in [9.17, 15) is 0 Å². The molecular weight excluding hydrogens is 210 g/mol. The van der Waals surface area contributed by atoms with Gasteiger partial charge in [-0.25, -0.2) is 0 Å². The number of pyridine rings is 1. The van der Waals surface area contributed by atoms with E-state index in [0.717, 1.165) is 26.2 Å². The van der Waals surface area contributed by atoms with Gasteiger partial charge in [-0.3, -0.25) is 9.88 Å². The van der Waals surface area contributed by atoms with Gasteiger partial charge in [-0.2, -0.15) is 0 Å². The van der Waals surface area contributed by atoms with E-state index < -0.39 is 0 Å².